The van der Waals surface area contributed by atoms with Gasteiger partial charge in [-0.15, -0.1) is 0 Å². The van der Waals surface area contributed by atoms with Crippen molar-refractivity contribution in [2.45, 2.75) is 18.5 Å². The monoisotopic (exact) mass is 385 g/mol. The van der Waals surface area contributed by atoms with E-state index < -0.39 is 12.0 Å². The molecule has 2 amide bonds. The lowest BCUT2D eigenvalue weighted by Crippen LogP contribution is -2.44. The molecule has 5 nitrogen and oxygen atoms in total. The second kappa shape index (κ2) is 6.12. The fourth-order valence-electron chi connectivity index (χ4n) is 4.62. The fraction of sp³-hybridized carbons (Fsp3) is 0.300. The zero-order valence-electron chi connectivity index (χ0n) is 14.4. The van der Waals surface area contributed by atoms with Crippen LogP contribution in [0, 0.1) is 11.7 Å². The van der Waals surface area contributed by atoms with Gasteiger partial charge in [0.05, 0.1) is 17.6 Å². The number of carbonyl (C=O) groups is 2. The third-order valence-electron chi connectivity index (χ3n) is 5.70. The van der Waals surface area contributed by atoms with Gasteiger partial charge < -0.3 is 0 Å². The highest BCUT2D eigenvalue weighted by Gasteiger charge is 2.62. The number of anilines is 1. The van der Waals surface area contributed by atoms with E-state index in [2.05, 4.69) is 5.01 Å². The minimum absolute atomic E-state index is 0.205. The van der Waals surface area contributed by atoms with Crippen molar-refractivity contribution >= 4 is 29.1 Å². The van der Waals surface area contributed by atoms with Crippen LogP contribution >= 0.6 is 11.6 Å². The van der Waals surface area contributed by atoms with E-state index in [-0.39, 0.29) is 23.7 Å². The summed E-state index contributed by atoms with van der Waals surface area (Å²) in [6.07, 6.45) is 0.934. The average Bonchev–Trinajstić information content (AvgIpc) is 3.30. The second-order valence-electron chi connectivity index (χ2n) is 7.14. The lowest BCUT2D eigenvalue weighted by Gasteiger charge is -2.29. The van der Waals surface area contributed by atoms with Gasteiger partial charge in [0.15, 0.2) is 0 Å². The number of hydrazine groups is 1. The summed E-state index contributed by atoms with van der Waals surface area (Å²) in [5, 5.41) is 4.68. The first-order valence-electron chi connectivity index (χ1n) is 8.98. The van der Waals surface area contributed by atoms with Gasteiger partial charge >= 0.3 is 0 Å². The summed E-state index contributed by atoms with van der Waals surface area (Å²) in [5.41, 5.74) is 1.39. The molecule has 3 atom stereocenters. The van der Waals surface area contributed by atoms with Gasteiger partial charge in [-0.2, -0.15) is 0 Å². The molecule has 2 aromatic rings. The first-order chi connectivity index (χ1) is 13.1. The topological polar surface area (TPSA) is 43.9 Å². The van der Waals surface area contributed by atoms with Crippen molar-refractivity contribution in [1.29, 1.82) is 0 Å². The quantitative estimate of drug-likeness (QED) is 0.745. The highest BCUT2D eigenvalue weighted by atomic mass is 35.5. The van der Waals surface area contributed by atoms with Crippen LogP contribution in [0.3, 0.4) is 0 Å². The number of fused-ring (bicyclic) bond motifs is 3. The maximum Gasteiger partial charge on any atom is 0.253 e. The van der Waals surface area contributed by atoms with Crippen LogP contribution < -0.4 is 4.90 Å². The summed E-state index contributed by atoms with van der Waals surface area (Å²) in [5.74, 6) is -1.23. The predicted octanol–water partition coefficient (Wildman–Crippen LogP) is 3.01. The summed E-state index contributed by atoms with van der Waals surface area (Å²) in [6, 6.07) is 12.2. The van der Waals surface area contributed by atoms with Crippen LogP contribution in [0.5, 0.6) is 0 Å². The number of rotatable bonds is 2. The zero-order chi connectivity index (χ0) is 18.7. The Labute approximate surface area is 160 Å². The molecule has 3 saturated heterocycles. The molecular weight excluding hydrogens is 369 g/mol. The van der Waals surface area contributed by atoms with Crippen molar-refractivity contribution in [2.24, 2.45) is 5.92 Å². The van der Waals surface area contributed by atoms with Crippen molar-refractivity contribution in [3.63, 3.8) is 0 Å². The molecule has 0 unspecified atom stereocenters. The Morgan fingerprint density at radius 3 is 2.15 bits per heavy atom. The summed E-state index contributed by atoms with van der Waals surface area (Å²) in [6.45, 7) is 1.53. The molecule has 27 heavy (non-hydrogen) atoms. The first kappa shape index (κ1) is 16.9. The SMILES string of the molecule is O=C1[C@H]2[C@@H](c3ccc(F)cc3)N3CCCN3[C@H]2C(=O)N1c1ccc(Cl)cc1. The van der Waals surface area contributed by atoms with E-state index in [1.54, 1.807) is 36.4 Å². The molecule has 3 aliphatic rings. The minimum Gasteiger partial charge on any atom is -0.274 e. The lowest BCUT2D eigenvalue weighted by atomic mass is 9.90. The van der Waals surface area contributed by atoms with Crippen molar-refractivity contribution in [3.05, 3.63) is 64.9 Å². The molecule has 3 fully saturated rings. The van der Waals surface area contributed by atoms with Gasteiger partial charge in [0, 0.05) is 18.1 Å². The molecule has 0 bridgehead atoms. The average molecular weight is 386 g/mol. The molecule has 0 aromatic heterocycles. The van der Waals surface area contributed by atoms with E-state index in [4.69, 9.17) is 11.6 Å². The highest BCUT2D eigenvalue weighted by molar-refractivity contribution is 6.31. The van der Waals surface area contributed by atoms with Crippen molar-refractivity contribution < 1.29 is 14.0 Å². The number of halogens is 2. The number of hydrogen-bond acceptors (Lipinski definition) is 4. The predicted molar refractivity (Wildman–Crippen MR) is 98.4 cm³/mol. The van der Waals surface area contributed by atoms with Gasteiger partial charge in [-0.25, -0.2) is 19.3 Å². The van der Waals surface area contributed by atoms with Gasteiger partial charge in [-0.05, 0) is 48.4 Å². The van der Waals surface area contributed by atoms with Crippen LogP contribution in [0.15, 0.2) is 48.5 Å². The molecule has 7 heteroatoms. The normalized spacial score (nSPS) is 28.1. The largest absolute Gasteiger partial charge is 0.274 e. The summed E-state index contributed by atoms with van der Waals surface area (Å²) in [4.78, 5) is 27.8. The fourth-order valence-corrected chi connectivity index (χ4v) is 4.74. The van der Waals surface area contributed by atoms with Crippen LogP contribution in [0.25, 0.3) is 0 Å². The van der Waals surface area contributed by atoms with E-state index in [9.17, 15) is 14.0 Å². The van der Waals surface area contributed by atoms with Crippen molar-refractivity contribution in [2.75, 3.05) is 18.0 Å². The number of nitrogens with zero attached hydrogens (tertiary/aromatic N) is 3. The van der Waals surface area contributed by atoms with Gasteiger partial charge in [0.2, 0.25) is 5.91 Å². The number of imide groups is 1. The lowest BCUT2D eigenvalue weighted by molar-refractivity contribution is -0.126. The van der Waals surface area contributed by atoms with Gasteiger partial charge in [0.1, 0.15) is 11.9 Å². The Balaban J connectivity index is 1.57. The van der Waals surface area contributed by atoms with Crippen LogP contribution in [-0.2, 0) is 9.59 Å². The van der Waals surface area contributed by atoms with E-state index in [1.807, 2.05) is 5.01 Å². The van der Waals surface area contributed by atoms with Gasteiger partial charge in [-0.3, -0.25) is 9.59 Å². The Morgan fingerprint density at radius 2 is 1.48 bits per heavy atom. The molecule has 3 heterocycles. The smallest absolute Gasteiger partial charge is 0.253 e. The van der Waals surface area contributed by atoms with E-state index >= 15 is 0 Å². The zero-order valence-corrected chi connectivity index (χ0v) is 15.1. The second-order valence-corrected chi connectivity index (χ2v) is 7.57. The Bertz CT molecular complexity index is 918. The summed E-state index contributed by atoms with van der Waals surface area (Å²) < 4.78 is 13.4. The van der Waals surface area contributed by atoms with E-state index in [0.29, 0.717) is 10.7 Å². The molecule has 3 aliphatic heterocycles. The molecule has 0 N–H and O–H groups in total. The standard InChI is InChI=1S/C20H17ClFN3O2/c21-13-4-8-15(9-5-13)25-19(26)16-17(12-2-6-14(22)7-3-12)23-10-1-11-24(23)18(16)20(25)27/h2-9,16-18H,1,10-11H2/t16-,17+,18+/m0/s1. The molecule has 0 aliphatic carbocycles. The molecule has 138 valence electrons. The minimum atomic E-state index is -0.509. The van der Waals surface area contributed by atoms with Gasteiger partial charge in [-0.1, -0.05) is 23.7 Å². The third kappa shape index (κ3) is 2.44. The van der Waals surface area contributed by atoms with Crippen molar-refractivity contribution in [3.8, 4) is 0 Å². The number of carbonyl (C=O) groups excluding carboxylic acids is 2. The molecule has 0 radical (unpaired) electrons. The number of amides is 2. The first-order valence-corrected chi connectivity index (χ1v) is 9.36. The van der Waals surface area contributed by atoms with Crippen LogP contribution in [0.4, 0.5) is 10.1 Å². The molecule has 0 spiro atoms. The number of benzene rings is 2. The number of hydrogen-bond donors (Lipinski definition) is 0. The van der Waals surface area contributed by atoms with Crippen LogP contribution in [0.2, 0.25) is 5.02 Å². The maximum atomic E-state index is 13.4. The van der Waals surface area contributed by atoms with E-state index in [1.165, 1.54) is 17.0 Å². The Hall–Kier alpha value is -2.28. The third-order valence-corrected chi connectivity index (χ3v) is 5.95. The molecule has 0 saturated carbocycles. The maximum absolute atomic E-state index is 13.4. The molecule has 2 aromatic carbocycles. The molecular formula is C20H17ClFN3O2. The van der Waals surface area contributed by atoms with E-state index in [0.717, 1.165) is 25.1 Å². The van der Waals surface area contributed by atoms with Gasteiger partial charge in [0.25, 0.3) is 5.91 Å². The van der Waals surface area contributed by atoms with Crippen LogP contribution in [0.1, 0.15) is 18.0 Å². The van der Waals surface area contributed by atoms with Crippen molar-refractivity contribution in [1.82, 2.24) is 10.0 Å². The summed E-state index contributed by atoms with van der Waals surface area (Å²) >= 11 is 5.94. The Kier molecular flexibility index (Phi) is 3.82. The molecule has 5 rings (SSSR count). The summed E-state index contributed by atoms with van der Waals surface area (Å²) in [7, 11) is 0. The Morgan fingerprint density at radius 1 is 0.852 bits per heavy atom. The van der Waals surface area contributed by atoms with Crippen LogP contribution in [-0.4, -0.2) is 41.0 Å². The highest BCUT2D eigenvalue weighted by Crippen LogP contribution is 2.48.